The number of carbonyl (C=O) groups is 1. The zero-order chi connectivity index (χ0) is 17.9. The molecule has 0 unspecified atom stereocenters. The fraction of sp³-hybridized carbons (Fsp3) is 0.250. The number of hydrogen-bond acceptors (Lipinski definition) is 4. The molecule has 1 aliphatic heterocycles. The van der Waals surface area contributed by atoms with Crippen molar-refractivity contribution in [2.24, 2.45) is 0 Å². The number of aromatic nitrogens is 3. The van der Waals surface area contributed by atoms with Gasteiger partial charge in [-0.1, -0.05) is 42.5 Å². The number of rotatable bonds is 5. The van der Waals surface area contributed by atoms with Gasteiger partial charge in [0.05, 0.1) is 18.7 Å². The quantitative estimate of drug-likeness (QED) is 0.767. The third-order valence-electron chi connectivity index (χ3n) is 4.84. The van der Waals surface area contributed by atoms with Crippen molar-refractivity contribution < 1.29 is 9.90 Å². The summed E-state index contributed by atoms with van der Waals surface area (Å²) in [5.41, 5.74) is 3.44. The third kappa shape index (κ3) is 3.36. The topological polar surface area (TPSA) is 71.2 Å². The van der Waals surface area contributed by atoms with Crippen molar-refractivity contribution in [2.75, 3.05) is 0 Å². The first kappa shape index (κ1) is 16.5. The number of carboxylic acid groups (broad SMARTS) is 1. The van der Waals surface area contributed by atoms with Crippen molar-refractivity contribution in [3.05, 3.63) is 77.9 Å². The Morgan fingerprint density at radius 2 is 1.81 bits per heavy atom. The van der Waals surface area contributed by atoms with Crippen molar-refractivity contribution in [1.82, 2.24) is 19.7 Å². The van der Waals surface area contributed by atoms with Gasteiger partial charge in [-0.2, -0.15) is 5.10 Å². The van der Waals surface area contributed by atoms with E-state index in [1.165, 1.54) is 11.1 Å². The van der Waals surface area contributed by atoms with Crippen LogP contribution in [-0.4, -0.2) is 36.8 Å². The molecule has 132 valence electrons. The van der Waals surface area contributed by atoms with Crippen LogP contribution in [0.5, 0.6) is 0 Å². The smallest absolute Gasteiger partial charge is 0.304 e. The molecule has 1 aromatic heterocycles. The zero-order valence-corrected chi connectivity index (χ0v) is 14.3. The maximum Gasteiger partial charge on any atom is 0.304 e. The molecule has 1 N–H and O–H groups in total. The Labute approximate surface area is 151 Å². The van der Waals surface area contributed by atoms with Crippen LogP contribution < -0.4 is 0 Å². The fourth-order valence-corrected chi connectivity index (χ4v) is 3.57. The lowest BCUT2D eigenvalue weighted by Gasteiger charge is -2.35. The van der Waals surface area contributed by atoms with Crippen LogP contribution in [0.15, 0.2) is 60.9 Å². The number of nitrogens with zero attached hydrogens (tertiary/aromatic N) is 4. The van der Waals surface area contributed by atoms with Gasteiger partial charge in [0, 0.05) is 12.6 Å². The van der Waals surface area contributed by atoms with Crippen LogP contribution in [-0.2, 0) is 24.3 Å². The molecule has 0 bridgehead atoms. The van der Waals surface area contributed by atoms with E-state index in [-0.39, 0.29) is 12.5 Å². The molecular formula is C20H20N4O2. The highest BCUT2D eigenvalue weighted by Crippen LogP contribution is 2.26. The van der Waals surface area contributed by atoms with Gasteiger partial charge in [-0.05, 0) is 29.7 Å². The molecule has 0 spiro atoms. The average Bonchev–Trinajstić information content (AvgIpc) is 3.10. The summed E-state index contributed by atoms with van der Waals surface area (Å²) in [5.74, 6) is 0.0369. The molecule has 0 saturated heterocycles. The highest BCUT2D eigenvalue weighted by molar-refractivity contribution is 5.67. The number of aliphatic carboxylic acids is 1. The molecule has 26 heavy (non-hydrogen) atoms. The number of carboxylic acids is 1. The van der Waals surface area contributed by atoms with Crippen LogP contribution in [0.2, 0.25) is 0 Å². The minimum Gasteiger partial charge on any atom is -0.481 e. The predicted octanol–water partition coefficient (Wildman–Crippen LogP) is 2.67. The Bertz CT molecular complexity index is 907. The van der Waals surface area contributed by atoms with E-state index in [0.717, 1.165) is 24.5 Å². The molecule has 2 heterocycles. The summed E-state index contributed by atoms with van der Waals surface area (Å²) in [4.78, 5) is 18.0. The highest BCUT2D eigenvalue weighted by atomic mass is 16.4. The summed E-state index contributed by atoms with van der Waals surface area (Å²) in [6, 6.07) is 18.1. The number of para-hydroxylation sites is 1. The molecule has 4 rings (SSSR count). The second kappa shape index (κ2) is 7.09. The van der Waals surface area contributed by atoms with Gasteiger partial charge in [0.15, 0.2) is 0 Å². The first-order valence-corrected chi connectivity index (χ1v) is 8.67. The second-order valence-electron chi connectivity index (χ2n) is 6.55. The van der Waals surface area contributed by atoms with Gasteiger partial charge in [0.25, 0.3) is 0 Å². The molecule has 0 amide bonds. The summed E-state index contributed by atoms with van der Waals surface area (Å²) < 4.78 is 1.82. The molecule has 0 aliphatic carbocycles. The molecule has 0 radical (unpaired) electrons. The Hall–Kier alpha value is -2.99. The fourth-order valence-electron chi connectivity index (χ4n) is 3.57. The minimum absolute atomic E-state index is 0.0525. The first-order valence-electron chi connectivity index (χ1n) is 8.67. The molecular weight excluding hydrogens is 328 g/mol. The molecule has 0 fully saturated rings. The van der Waals surface area contributed by atoms with Gasteiger partial charge >= 0.3 is 5.97 Å². The molecule has 3 aromatic rings. The van der Waals surface area contributed by atoms with Crippen LogP contribution in [0, 0.1) is 0 Å². The summed E-state index contributed by atoms with van der Waals surface area (Å²) in [5, 5.41) is 13.7. The van der Waals surface area contributed by atoms with E-state index in [0.29, 0.717) is 6.54 Å². The molecule has 1 aliphatic rings. The minimum atomic E-state index is -0.774. The van der Waals surface area contributed by atoms with Crippen LogP contribution >= 0.6 is 0 Å². The van der Waals surface area contributed by atoms with Crippen molar-refractivity contribution in [1.29, 1.82) is 0 Å². The van der Waals surface area contributed by atoms with Gasteiger partial charge in [0.1, 0.15) is 12.2 Å². The van der Waals surface area contributed by atoms with Crippen molar-refractivity contribution >= 4 is 5.97 Å². The van der Waals surface area contributed by atoms with Gasteiger partial charge in [-0.25, -0.2) is 9.67 Å². The molecule has 6 nitrogen and oxygen atoms in total. The summed E-state index contributed by atoms with van der Waals surface area (Å²) in [7, 11) is 0. The monoisotopic (exact) mass is 348 g/mol. The summed E-state index contributed by atoms with van der Waals surface area (Å²) in [6.07, 6.45) is 2.40. The largest absolute Gasteiger partial charge is 0.481 e. The molecule has 2 aromatic carbocycles. The second-order valence-corrected chi connectivity index (χ2v) is 6.55. The van der Waals surface area contributed by atoms with E-state index in [2.05, 4.69) is 27.1 Å². The van der Waals surface area contributed by atoms with Crippen molar-refractivity contribution in [2.45, 2.75) is 32.0 Å². The van der Waals surface area contributed by atoms with Gasteiger partial charge in [-0.15, -0.1) is 0 Å². The third-order valence-corrected chi connectivity index (χ3v) is 4.84. The van der Waals surface area contributed by atoms with E-state index >= 15 is 0 Å². The molecule has 1 atom stereocenters. The maximum atomic E-state index is 11.4. The van der Waals surface area contributed by atoms with Crippen LogP contribution in [0.3, 0.4) is 0 Å². The van der Waals surface area contributed by atoms with Gasteiger partial charge < -0.3 is 5.11 Å². The summed E-state index contributed by atoms with van der Waals surface area (Å²) >= 11 is 0. The van der Waals surface area contributed by atoms with E-state index < -0.39 is 5.97 Å². The summed E-state index contributed by atoms with van der Waals surface area (Å²) in [6.45, 7) is 1.27. The van der Waals surface area contributed by atoms with Gasteiger partial charge in [-0.3, -0.25) is 9.69 Å². The lowest BCUT2D eigenvalue weighted by molar-refractivity contribution is -0.138. The average molecular weight is 348 g/mol. The standard InChI is InChI=1S/C20H20N4O2/c25-20(26)11-18-10-15-6-4-5-7-16(15)12-23(18)13-19-21-14-22-24(19)17-8-2-1-3-9-17/h1-9,14,18H,10-13H2,(H,25,26)/t18-/m0/s1. The van der Waals surface area contributed by atoms with Crippen molar-refractivity contribution in [3.63, 3.8) is 0 Å². The van der Waals surface area contributed by atoms with E-state index in [1.807, 2.05) is 47.1 Å². The SMILES string of the molecule is O=C(O)C[C@@H]1Cc2ccccc2CN1Cc1ncnn1-c1ccccc1. The maximum absolute atomic E-state index is 11.4. The van der Waals surface area contributed by atoms with Crippen LogP contribution in [0.1, 0.15) is 23.4 Å². The predicted molar refractivity (Wildman–Crippen MR) is 96.8 cm³/mol. The van der Waals surface area contributed by atoms with E-state index in [9.17, 15) is 9.90 Å². The van der Waals surface area contributed by atoms with Crippen LogP contribution in [0.25, 0.3) is 5.69 Å². The van der Waals surface area contributed by atoms with E-state index in [4.69, 9.17) is 0 Å². The lowest BCUT2D eigenvalue weighted by atomic mass is 9.92. The Morgan fingerprint density at radius 3 is 2.58 bits per heavy atom. The number of hydrogen-bond donors (Lipinski definition) is 1. The Morgan fingerprint density at radius 1 is 1.08 bits per heavy atom. The number of fused-ring (bicyclic) bond motifs is 1. The van der Waals surface area contributed by atoms with Crippen molar-refractivity contribution in [3.8, 4) is 5.69 Å². The Balaban J connectivity index is 1.62. The van der Waals surface area contributed by atoms with Gasteiger partial charge in [0.2, 0.25) is 0 Å². The Kier molecular flexibility index (Phi) is 4.50. The highest BCUT2D eigenvalue weighted by Gasteiger charge is 2.29. The zero-order valence-electron chi connectivity index (χ0n) is 14.3. The molecule has 6 heteroatoms. The lowest BCUT2D eigenvalue weighted by Crippen LogP contribution is -2.41. The first-order chi connectivity index (χ1) is 12.7. The number of benzene rings is 2. The van der Waals surface area contributed by atoms with Crippen LogP contribution in [0.4, 0.5) is 0 Å². The van der Waals surface area contributed by atoms with E-state index in [1.54, 1.807) is 6.33 Å². The molecule has 0 saturated carbocycles. The normalized spacial score (nSPS) is 17.0.